The molecule has 0 radical (unpaired) electrons. The van der Waals surface area contributed by atoms with Crippen molar-refractivity contribution in [3.63, 3.8) is 0 Å². The molecular formula is C16H22N4. The standard InChI is InChI=1S/C16H22N4/c1-11(17)14-9-10-15(20-19-14)18-13-7-5-12(6-8-13)16(2,3)4/h5-11H,17H2,1-4H3,(H,18,20). The average Bonchev–Trinajstić information content (AvgIpc) is 2.39. The topological polar surface area (TPSA) is 63.8 Å². The summed E-state index contributed by atoms with van der Waals surface area (Å²) in [6, 6.07) is 12.1. The van der Waals surface area contributed by atoms with Crippen LogP contribution in [0.2, 0.25) is 0 Å². The summed E-state index contributed by atoms with van der Waals surface area (Å²) in [6.45, 7) is 8.50. The van der Waals surface area contributed by atoms with Gasteiger partial charge in [-0.25, -0.2) is 0 Å². The molecule has 20 heavy (non-hydrogen) atoms. The number of anilines is 2. The van der Waals surface area contributed by atoms with E-state index in [9.17, 15) is 0 Å². The average molecular weight is 270 g/mol. The van der Waals surface area contributed by atoms with Crippen molar-refractivity contribution in [3.8, 4) is 0 Å². The lowest BCUT2D eigenvalue weighted by atomic mass is 9.87. The van der Waals surface area contributed by atoms with E-state index < -0.39 is 0 Å². The summed E-state index contributed by atoms with van der Waals surface area (Å²) in [7, 11) is 0. The number of rotatable bonds is 3. The Morgan fingerprint density at radius 2 is 1.65 bits per heavy atom. The molecule has 0 bridgehead atoms. The molecule has 0 fully saturated rings. The van der Waals surface area contributed by atoms with Crippen LogP contribution in [0.5, 0.6) is 0 Å². The minimum absolute atomic E-state index is 0.0948. The monoisotopic (exact) mass is 270 g/mol. The molecule has 1 aromatic carbocycles. The summed E-state index contributed by atoms with van der Waals surface area (Å²) in [5.74, 6) is 0.720. The van der Waals surface area contributed by atoms with Gasteiger partial charge in [-0.05, 0) is 42.2 Å². The quantitative estimate of drug-likeness (QED) is 0.895. The first-order valence-corrected chi connectivity index (χ1v) is 6.83. The Balaban J connectivity index is 2.10. The highest BCUT2D eigenvalue weighted by molar-refractivity contribution is 5.56. The second-order valence-electron chi connectivity index (χ2n) is 6.08. The first-order chi connectivity index (χ1) is 9.36. The van der Waals surface area contributed by atoms with Gasteiger partial charge in [0, 0.05) is 11.7 Å². The molecule has 3 N–H and O–H groups in total. The Hall–Kier alpha value is -1.94. The summed E-state index contributed by atoms with van der Waals surface area (Å²) < 4.78 is 0. The number of nitrogens with one attached hydrogen (secondary N) is 1. The lowest BCUT2D eigenvalue weighted by Gasteiger charge is -2.19. The van der Waals surface area contributed by atoms with Crippen molar-refractivity contribution in [3.05, 3.63) is 47.7 Å². The molecule has 0 amide bonds. The van der Waals surface area contributed by atoms with E-state index in [2.05, 4.69) is 60.6 Å². The van der Waals surface area contributed by atoms with Crippen molar-refractivity contribution in [2.24, 2.45) is 5.73 Å². The van der Waals surface area contributed by atoms with Gasteiger partial charge in [-0.1, -0.05) is 32.9 Å². The van der Waals surface area contributed by atoms with Crippen molar-refractivity contribution < 1.29 is 0 Å². The molecule has 0 saturated carbocycles. The van der Waals surface area contributed by atoms with Crippen molar-refractivity contribution in [1.82, 2.24) is 10.2 Å². The summed E-state index contributed by atoms with van der Waals surface area (Å²) in [6.07, 6.45) is 0. The smallest absolute Gasteiger partial charge is 0.153 e. The Bertz CT molecular complexity index is 551. The highest BCUT2D eigenvalue weighted by Crippen LogP contribution is 2.24. The van der Waals surface area contributed by atoms with E-state index in [4.69, 9.17) is 5.73 Å². The van der Waals surface area contributed by atoms with Crippen molar-refractivity contribution >= 4 is 11.5 Å². The van der Waals surface area contributed by atoms with Gasteiger partial charge in [-0.2, -0.15) is 5.10 Å². The van der Waals surface area contributed by atoms with Gasteiger partial charge in [0.25, 0.3) is 0 Å². The maximum atomic E-state index is 5.75. The molecule has 1 unspecified atom stereocenters. The summed E-state index contributed by atoms with van der Waals surface area (Å²) in [5.41, 5.74) is 9.01. The fraction of sp³-hybridized carbons (Fsp3) is 0.375. The van der Waals surface area contributed by atoms with Gasteiger partial charge in [0.05, 0.1) is 5.69 Å². The molecule has 2 rings (SSSR count). The van der Waals surface area contributed by atoms with Crippen LogP contribution < -0.4 is 11.1 Å². The van der Waals surface area contributed by atoms with Gasteiger partial charge in [-0.3, -0.25) is 0 Å². The van der Waals surface area contributed by atoms with Crippen LogP contribution in [0, 0.1) is 0 Å². The zero-order valence-corrected chi connectivity index (χ0v) is 12.5. The summed E-state index contributed by atoms with van der Waals surface area (Å²) in [5, 5.41) is 11.5. The van der Waals surface area contributed by atoms with E-state index in [1.165, 1.54) is 5.56 Å². The molecule has 0 aliphatic rings. The third kappa shape index (κ3) is 3.54. The van der Waals surface area contributed by atoms with E-state index >= 15 is 0 Å². The lowest BCUT2D eigenvalue weighted by molar-refractivity contribution is 0.590. The summed E-state index contributed by atoms with van der Waals surface area (Å²) in [4.78, 5) is 0. The van der Waals surface area contributed by atoms with E-state index in [1.54, 1.807) is 0 Å². The van der Waals surface area contributed by atoms with Gasteiger partial charge >= 0.3 is 0 Å². The first-order valence-electron chi connectivity index (χ1n) is 6.83. The molecule has 0 aliphatic heterocycles. The normalized spacial score (nSPS) is 13.1. The van der Waals surface area contributed by atoms with Crippen molar-refractivity contribution in [2.45, 2.75) is 39.2 Å². The van der Waals surface area contributed by atoms with Crippen molar-refractivity contribution in [1.29, 1.82) is 0 Å². The Morgan fingerprint density at radius 1 is 1.00 bits per heavy atom. The van der Waals surface area contributed by atoms with Crippen LogP contribution in [0.4, 0.5) is 11.5 Å². The fourth-order valence-electron chi connectivity index (χ4n) is 1.85. The van der Waals surface area contributed by atoms with Gasteiger partial charge in [0.1, 0.15) is 0 Å². The Morgan fingerprint density at radius 3 is 2.10 bits per heavy atom. The third-order valence-corrected chi connectivity index (χ3v) is 3.18. The second kappa shape index (κ2) is 5.59. The van der Waals surface area contributed by atoms with Crippen LogP contribution in [0.15, 0.2) is 36.4 Å². The molecule has 0 saturated heterocycles. The maximum Gasteiger partial charge on any atom is 0.153 e. The van der Waals surface area contributed by atoms with Gasteiger partial charge in [-0.15, -0.1) is 5.10 Å². The number of nitrogens with two attached hydrogens (primary N) is 1. The third-order valence-electron chi connectivity index (χ3n) is 3.18. The molecular weight excluding hydrogens is 248 g/mol. The molecule has 0 aliphatic carbocycles. The predicted molar refractivity (Wildman–Crippen MR) is 83.1 cm³/mol. The molecule has 4 heteroatoms. The van der Waals surface area contributed by atoms with Crippen LogP contribution >= 0.6 is 0 Å². The molecule has 1 heterocycles. The number of nitrogens with zero attached hydrogens (tertiary/aromatic N) is 2. The van der Waals surface area contributed by atoms with Gasteiger partial charge in [0.15, 0.2) is 5.82 Å². The number of hydrogen-bond donors (Lipinski definition) is 2. The number of benzene rings is 1. The van der Waals surface area contributed by atoms with Crippen molar-refractivity contribution in [2.75, 3.05) is 5.32 Å². The van der Waals surface area contributed by atoms with E-state index in [0.29, 0.717) is 0 Å². The Labute approximate surface area is 120 Å². The molecule has 2 aromatic rings. The van der Waals surface area contributed by atoms with Gasteiger partial charge in [0.2, 0.25) is 0 Å². The first kappa shape index (κ1) is 14.5. The van der Waals surface area contributed by atoms with Crippen LogP contribution in [-0.2, 0) is 5.41 Å². The maximum absolute atomic E-state index is 5.75. The minimum atomic E-state index is -0.0948. The zero-order valence-electron chi connectivity index (χ0n) is 12.5. The Kier molecular flexibility index (Phi) is 4.04. The highest BCUT2D eigenvalue weighted by atomic mass is 15.2. The zero-order chi connectivity index (χ0) is 14.8. The molecule has 1 atom stereocenters. The largest absolute Gasteiger partial charge is 0.339 e. The van der Waals surface area contributed by atoms with Crippen LogP contribution in [-0.4, -0.2) is 10.2 Å². The second-order valence-corrected chi connectivity index (χ2v) is 6.08. The van der Waals surface area contributed by atoms with Crippen LogP contribution in [0.3, 0.4) is 0 Å². The lowest BCUT2D eigenvalue weighted by Crippen LogP contribution is -2.10. The summed E-state index contributed by atoms with van der Waals surface area (Å²) >= 11 is 0. The predicted octanol–water partition coefficient (Wildman–Crippen LogP) is 3.54. The number of aromatic nitrogens is 2. The molecule has 1 aromatic heterocycles. The fourth-order valence-corrected chi connectivity index (χ4v) is 1.85. The van der Waals surface area contributed by atoms with Crippen LogP contribution in [0.25, 0.3) is 0 Å². The molecule has 106 valence electrons. The molecule has 4 nitrogen and oxygen atoms in total. The SMILES string of the molecule is CC(N)c1ccc(Nc2ccc(C(C)(C)C)cc2)nn1. The minimum Gasteiger partial charge on any atom is -0.339 e. The number of hydrogen-bond acceptors (Lipinski definition) is 4. The van der Waals surface area contributed by atoms with Crippen LogP contribution in [0.1, 0.15) is 45.0 Å². The van der Waals surface area contributed by atoms with E-state index in [-0.39, 0.29) is 11.5 Å². The van der Waals surface area contributed by atoms with Gasteiger partial charge < -0.3 is 11.1 Å². The van der Waals surface area contributed by atoms with E-state index in [0.717, 1.165) is 17.2 Å². The highest BCUT2D eigenvalue weighted by Gasteiger charge is 2.12. The van der Waals surface area contributed by atoms with E-state index in [1.807, 2.05) is 19.1 Å². The molecule has 0 spiro atoms.